The molecule has 1 N–H and O–H groups in total. The van der Waals surface area contributed by atoms with Crippen molar-refractivity contribution in [2.24, 2.45) is 0 Å². The maximum absolute atomic E-state index is 11.2. The van der Waals surface area contributed by atoms with Crippen molar-refractivity contribution in [3.63, 3.8) is 0 Å². The fraction of sp³-hybridized carbons (Fsp3) is 0.333. The Kier molecular flexibility index (Phi) is 5.44. The van der Waals surface area contributed by atoms with Crippen molar-refractivity contribution in [2.75, 3.05) is 13.1 Å². The van der Waals surface area contributed by atoms with Crippen LogP contribution in [0.5, 0.6) is 5.88 Å². The van der Waals surface area contributed by atoms with Crippen molar-refractivity contribution in [3.05, 3.63) is 57.1 Å². The number of aromatic nitrogens is 3. The molecule has 0 radical (unpaired) electrons. The second-order valence-electron chi connectivity index (χ2n) is 7.68. The molecule has 1 saturated heterocycles. The molecule has 7 nitrogen and oxygen atoms in total. The maximum atomic E-state index is 11.2. The molecule has 3 aromatic heterocycles. The van der Waals surface area contributed by atoms with E-state index < -0.39 is 0 Å². The van der Waals surface area contributed by atoms with Crippen LogP contribution in [0.3, 0.4) is 0 Å². The third kappa shape index (κ3) is 3.83. The van der Waals surface area contributed by atoms with Gasteiger partial charge < -0.3 is 14.3 Å². The Labute approximate surface area is 192 Å². The Morgan fingerprint density at radius 2 is 1.97 bits per heavy atom. The van der Waals surface area contributed by atoms with Crippen LogP contribution in [0.4, 0.5) is 0 Å². The van der Waals surface area contributed by atoms with Crippen LogP contribution >= 0.6 is 34.5 Å². The Bertz CT molecular complexity index is 1210. The molecule has 4 aromatic rings. The second-order valence-corrected chi connectivity index (χ2v) is 9.53. The van der Waals surface area contributed by atoms with Crippen LogP contribution in [-0.4, -0.2) is 49.9 Å². The number of nitrogens with zero attached hydrogens (tertiary/aromatic N) is 4. The fourth-order valence-electron chi connectivity index (χ4n) is 4.09. The molecule has 162 valence electrons. The summed E-state index contributed by atoms with van der Waals surface area (Å²) >= 11 is 14.1. The highest BCUT2D eigenvalue weighted by molar-refractivity contribution is 7.17. The van der Waals surface area contributed by atoms with Gasteiger partial charge in [-0.3, -0.25) is 4.90 Å². The van der Waals surface area contributed by atoms with Crippen LogP contribution in [0.2, 0.25) is 10.0 Å². The number of furan rings is 1. The van der Waals surface area contributed by atoms with Crippen molar-refractivity contribution >= 4 is 39.5 Å². The third-order valence-electron chi connectivity index (χ3n) is 5.26. The van der Waals surface area contributed by atoms with Crippen LogP contribution in [-0.2, 0) is 4.74 Å². The zero-order valence-corrected chi connectivity index (χ0v) is 19.2. The Morgan fingerprint density at radius 3 is 2.61 bits per heavy atom. The van der Waals surface area contributed by atoms with Crippen molar-refractivity contribution in [3.8, 4) is 17.5 Å². The lowest BCUT2D eigenvalue weighted by Crippen LogP contribution is -2.47. The molecular weight excluding hydrogens is 459 g/mol. The Hall–Kier alpha value is -2.10. The molecule has 5 rings (SSSR count). The minimum Gasteiger partial charge on any atom is -0.492 e. The van der Waals surface area contributed by atoms with Crippen LogP contribution in [0.15, 0.2) is 41.0 Å². The highest BCUT2D eigenvalue weighted by atomic mass is 35.5. The highest BCUT2D eigenvalue weighted by Gasteiger charge is 2.35. The molecule has 3 atom stereocenters. The minimum absolute atomic E-state index is 0.0353. The molecule has 0 saturated carbocycles. The summed E-state index contributed by atoms with van der Waals surface area (Å²) in [6.45, 7) is 5.47. The molecule has 0 amide bonds. The van der Waals surface area contributed by atoms with E-state index in [2.05, 4.69) is 15.0 Å². The lowest BCUT2D eigenvalue weighted by molar-refractivity contribution is -0.0764. The van der Waals surface area contributed by atoms with E-state index >= 15 is 0 Å². The monoisotopic (exact) mass is 478 g/mol. The highest BCUT2D eigenvalue weighted by Crippen LogP contribution is 2.43. The molecule has 1 aromatic carbocycles. The first-order valence-corrected chi connectivity index (χ1v) is 11.4. The zero-order valence-electron chi connectivity index (χ0n) is 16.8. The van der Waals surface area contributed by atoms with Gasteiger partial charge in [0, 0.05) is 23.1 Å². The van der Waals surface area contributed by atoms with Crippen molar-refractivity contribution in [1.29, 1.82) is 0 Å². The normalized spacial score (nSPS) is 21.0. The third-order valence-corrected chi connectivity index (χ3v) is 6.89. The lowest BCUT2D eigenvalue weighted by atomic mass is 10.0. The van der Waals surface area contributed by atoms with Gasteiger partial charge in [-0.25, -0.2) is 0 Å². The van der Waals surface area contributed by atoms with Gasteiger partial charge in [0.05, 0.1) is 29.4 Å². The van der Waals surface area contributed by atoms with Gasteiger partial charge in [-0.05, 0) is 43.7 Å². The van der Waals surface area contributed by atoms with Gasteiger partial charge in [0.15, 0.2) is 5.76 Å². The quantitative estimate of drug-likeness (QED) is 0.430. The van der Waals surface area contributed by atoms with E-state index in [1.54, 1.807) is 24.5 Å². The average molecular weight is 479 g/mol. The minimum atomic E-state index is -0.292. The predicted molar refractivity (Wildman–Crippen MR) is 120 cm³/mol. The molecule has 31 heavy (non-hydrogen) atoms. The van der Waals surface area contributed by atoms with E-state index in [-0.39, 0.29) is 24.1 Å². The summed E-state index contributed by atoms with van der Waals surface area (Å²) in [6.07, 6.45) is 1.66. The Balaban J connectivity index is 1.63. The van der Waals surface area contributed by atoms with E-state index in [4.69, 9.17) is 32.4 Å². The number of hydrogen-bond acceptors (Lipinski definition) is 7. The molecular formula is C21H20Cl2N4O3S. The largest absolute Gasteiger partial charge is 0.492 e. The summed E-state index contributed by atoms with van der Waals surface area (Å²) in [5, 5.41) is 16.7. The summed E-state index contributed by atoms with van der Waals surface area (Å²) in [6, 6.07) is 8.70. The number of ether oxygens (including phenoxy) is 1. The summed E-state index contributed by atoms with van der Waals surface area (Å²) < 4.78 is 12.8. The van der Waals surface area contributed by atoms with Crippen LogP contribution in [0.25, 0.3) is 16.5 Å². The lowest BCUT2D eigenvalue weighted by Gasteiger charge is -2.40. The number of rotatable bonds is 4. The Morgan fingerprint density at radius 1 is 1.19 bits per heavy atom. The van der Waals surface area contributed by atoms with Crippen LogP contribution < -0.4 is 0 Å². The smallest absolute Gasteiger partial charge is 0.230 e. The molecule has 1 aliphatic rings. The number of halogens is 2. The maximum Gasteiger partial charge on any atom is 0.230 e. The summed E-state index contributed by atoms with van der Waals surface area (Å²) in [4.78, 5) is 8.10. The topological polar surface area (TPSA) is 76.0 Å². The standard InChI is InChI=1S/C21H20Cl2N4O3S/c1-11-9-26(10-12(2)30-11)17(14-6-5-13(22)8-15(14)23)18-20(28)27-21(31-18)24-19(25-27)16-4-3-7-29-16/h3-8,11-12,17,28H,9-10H2,1-2H3. The summed E-state index contributed by atoms with van der Waals surface area (Å²) in [5.41, 5.74) is 0.860. The molecule has 0 spiro atoms. The van der Waals surface area contributed by atoms with E-state index in [0.717, 1.165) is 5.56 Å². The van der Waals surface area contributed by atoms with E-state index in [0.29, 0.717) is 44.6 Å². The van der Waals surface area contributed by atoms with Gasteiger partial charge in [0.1, 0.15) is 0 Å². The van der Waals surface area contributed by atoms with E-state index in [9.17, 15) is 5.11 Å². The fourth-order valence-corrected chi connectivity index (χ4v) is 5.71. The van der Waals surface area contributed by atoms with Crippen LogP contribution in [0.1, 0.15) is 30.3 Å². The number of thiazole rings is 1. The van der Waals surface area contributed by atoms with Gasteiger partial charge in [-0.1, -0.05) is 40.6 Å². The average Bonchev–Trinajstić information content (AvgIpc) is 3.42. The van der Waals surface area contributed by atoms with Crippen molar-refractivity contribution in [1.82, 2.24) is 19.5 Å². The van der Waals surface area contributed by atoms with Crippen molar-refractivity contribution < 1.29 is 14.3 Å². The number of aromatic hydroxyl groups is 1. The molecule has 3 unspecified atom stereocenters. The first kappa shape index (κ1) is 20.8. The zero-order chi connectivity index (χ0) is 21.7. The molecule has 1 aliphatic heterocycles. The SMILES string of the molecule is CC1CN(C(c2ccc(Cl)cc2Cl)c2sc3nc(-c4ccco4)nn3c2O)CC(C)O1. The van der Waals surface area contributed by atoms with Gasteiger partial charge >= 0.3 is 0 Å². The molecule has 4 heterocycles. The van der Waals surface area contributed by atoms with E-state index in [1.165, 1.54) is 15.9 Å². The number of morpholine rings is 1. The van der Waals surface area contributed by atoms with Crippen molar-refractivity contribution in [2.45, 2.75) is 32.1 Å². The summed E-state index contributed by atoms with van der Waals surface area (Å²) in [5.74, 6) is 1.01. The number of benzene rings is 1. The first-order valence-electron chi connectivity index (χ1n) is 9.87. The first-order chi connectivity index (χ1) is 14.9. The van der Waals surface area contributed by atoms with E-state index in [1.807, 2.05) is 26.0 Å². The molecule has 0 bridgehead atoms. The molecule has 1 fully saturated rings. The van der Waals surface area contributed by atoms with Gasteiger partial charge in [-0.15, -0.1) is 5.10 Å². The summed E-state index contributed by atoms with van der Waals surface area (Å²) in [7, 11) is 0. The number of hydrogen-bond donors (Lipinski definition) is 1. The van der Waals surface area contributed by atoms with Gasteiger partial charge in [0.2, 0.25) is 16.7 Å². The van der Waals surface area contributed by atoms with Gasteiger partial charge in [-0.2, -0.15) is 9.50 Å². The van der Waals surface area contributed by atoms with Crippen LogP contribution in [0, 0.1) is 0 Å². The molecule has 0 aliphatic carbocycles. The number of fused-ring (bicyclic) bond motifs is 1. The van der Waals surface area contributed by atoms with Gasteiger partial charge in [0.25, 0.3) is 0 Å². The molecule has 10 heteroatoms. The second kappa shape index (κ2) is 8.11. The predicted octanol–water partition coefficient (Wildman–Crippen LogP) is 5.26.